The number of ether oxygens (including phenoxy) is 3. The van der Waals surface area contributed by atoms with Gasteiger partial charge in [0.1, 0.15) is 6.61 Å². The maximum atomic E-state index is 12.7. The van der Waals surface area contributed by atoms with Crippen molar-refractivity contribution in [2.45, 2.75) is 187 Å². The fraction of sp³-hybridized carbons (Fsp3) is 0.761. The topological polar surface area (TPSA) is 99.1 Å². The van der Waals surface area contributed by atoms with Gasteiger partial charge < -0.3 is 23.8 Å². The van der Waals surface area contributed by atoms with Crippen LogP contribution in [0.25, 0.3) is 0 Å². The third-order valence-electron chi connectivity index (χ3n) is 9.46. The van der Waals surface area contributed by atoms with Crippen molar-refractivity contribution in [2.75, 3.05) is 41.0 Å². The van der Waals surface area contributed by atoms with Crippen LogP contribution in [0.2, 0.25) is 0 Å². The lowest BCUT2D eigenvalue weighted by molar-refractivity contribution is -0.887. The summed E-state index contributed by atoms with van der Waals surface area (Å²) in [5, 5.41) is 9.60. The number of carboxylic acids is 1. The van der Waals surface area contributed by atoms with Gasteiger partial charge in [-0.15, -0.1) is 0 Å². The van der Waals surface area contributed by atoms with Crippen molar-refractivity contribution in [2.24, 2.45) is 0 Å². The number of rotatable bonds is 38. The zero-order valence-electron chi connectivity index (χ0n) is 35.4. The summed E-state index contributed by atoms with van der Waals surface area (Å²) in [7, 11) is 5.52. The number of aliphatic carboxylic acids is 1. The molecule has 0 aromatic heterocycles. The number of carbonyl (C=O) groups excluding carboxylic acids is 2. The van der Waals surface area contributed by atoms with Gasteiger partial charge in [0.05, 0.1) is 34.4 Å². The van der Waals surface area contributed by atoms with Gasteiger partial charge in [0, 0.05) is 19.3 Å². The van der Waals surface area contributed by atoms with Crippen molar-refractivity contribution in [3.05, 3.63) is 48.6 Å². The molecule has 0 aromatic carbocycles. The Morgan fingerprint density at radius 1 is 0.574 bits per heavy atom. The number of nitrogens with zero attached hydrogens (tertiary/aromatic N) is 1. The molecule has 8 heteroatoms. The van der Waals surface area contributed by atoms with Crippen LogP contribution in [0.15, 0.2) is 48.6 Å². The van der Waals surface area contributed by atoms with Gasteiger partial charge in [-0.3, -0.25) is 9.59 Å². The molecule has 2 unspecified atom stereocenters. The molecule has 0 spiro atoms. The van der Waals surface area contributed by atoms with Crippen LogP contribution in [0.5, 0.6) is 0 Å². The molecule has 0 saturated heterocycles. The standard InChI is InChI=1S/C46H81NO7/c1-6-8-10-12-14-16-18-19-20-21-22-23-24-25-27-28-30-32-34-36-44(48)53-41-42(40-52-39-38-43(46(50)51)47(3,4)5)54-45(49)37-35-33-31-29-26-17-15-13-11-9-7-2/h8,10,13-16,19-20,42-43H,6-7,9,11-12,17-18,21-41H2,1-5H3/p+1/b10-8+,15-13+,16-14+,20-19+. The van der Waals surface area contributed by atoms with E-state index in [-0.39, 0.29) is 36.2 Å². The summed E-state index contributed by atoms with van der Waals surface area (Å²) < 4.78 is 17.2. The van der Waals surface area contributed by atoms with Gasteiger partial charge in [-0.2, -0.15) is 0 Å². The Balaban J connectivity index is 4.30. The molecule has 2 atom stereocenters. The number of allylic oxidation sites excluding steroid dienone is 8. The maximum Gasteiger partial charge on any atom is 0.362 e. The Bertz CT molecular complexity index is 1030. The highest BCUT2D eigenvalue weighted by molar-refractivity contribution is 5.72. The molecule has 8 nitrogen and oxygen atoms in total. The third-order valence-corrected chi connectivity index (χ3v) is 9.46. The summed E-state index contributed by atoms with van der Waals surface area (Å²) >= 11 is 0. The second kappa shape index (κ2) is 37.2. The van der Waals surface area contributed by atoms with E-state index in [1.807, 2.05) is 21.1 Å². The van der Waals surface area contributed by atoms with Crippen LogP contribution in [-0.4, -0.2) is 80.6 Å². The van der Waals surface area contributed by atoms with Crippen LogP contribution in [0.3, 0.4) is 0 Å². The zero-order valence-corrected chi connectivity index (χ0v) is 35.4. The molecule has 0 heterocycles. The van der Waals surface area contributed by atoms with Gasteiger partial charge in [-0.05, 0) is 64.2 Å². The van der Waals surface area contributed by atoms with Crippen molar-refractivity contribution in [3.8, 4) is 0 Å². The molecule has 0 saturated carbocycles. The Kier molecular flexibility index (Phi) is 35.4. The largest absolute Gasteiger partial charge is 0.477 e. The molecule has 54 heavy (non-hydrogen) atoms. The minimum Gasteiger partial charge on any atom is -0.477 e. The number of unbranched alkanes of at least 4 members (excludes halogenated alkanes) is 16. The average Bonchev–Trinajstić information content (AvgIpc) is 3.12. The van der Waals surface area contributed by atoms with E-state index in [9.17, 15) is 19.5 Å². The minimum atomic E-state index is -0.879. The second-order valence-electron chi connectivity index (χ2n) is 15.6. The highest BCUT2D eigenvalue weighted by Gasteiger charge is 2.31. The van der Waals surface area contributed by atoms with Crippen LogP contribution >= 0.6 is 0 Å². The van der Waals surface area contributed by atoms with Gasteiger partial charge in [-0.25, -0.2) is 4.79 Å². The Morgan fingerprint density at radius 3 is 1.56 bits per heavy atom. The molecule has 0 bridgehead atoms. The minimum absolute atomic E-state index is 0.0556. The van der Waals surface area contributed by atoms with Crippen molar-refractivity contribution in [3.63, 3.8) is 0 Å². The molecule has 0 aliphatic rings. The van der Waals surface area contributed by atoms with E-state index in [0.29, 0.717) is 19.3 Å². The lowest BCUT2D eigenvalue weighted by Gasteiger charge is -2.31. The predicted octanol–water partition coefficient (Wildman–Crippen LogP) is 11.6. The third kappa shape index (κ3) is 35.0. The summed E-state index contributed by atoms with van der Waals surface area (Å²) in [4.78, 5) is 36.9. The Labute approximate surface area is 331 Å². The van der Waals surface area contributed by atoms with E-state index < -0.39 is 18.1 Å². The fourth-order valence-corrected chi connectivity index (χ4v) is 6.09. The van der Waals surface area contributed by atoms with E-state index in [4.69, 9.17) is 14.2 Å². The smallest absolute Gasteiger partial charge is 0.362 e. The van der Waals surface area contributed by atoms with Crippen LogP contribution < -0.4 is 0 Å². The SMILES string of the molecule is CC/C=C/C/C=C/C/C=C/CCCCCCCCCCCC(=O)OCC(COCCC(C(=O)O)[N+](C)(C)C)OC(=O)CCCCCCC/C=C/CCCC. The summed E-state index contributed by atoms with van der Waals surface area (Å²) in [6, 6.07) is -0.616. The quantitative estimate of drug-likeness (QED) is 0.0289. The van der Waals surface area contributed by atoms with E-state index in [2.05, 4.69) is 62.5 Å². The van der Waals surface area contributed by atoms with Gasteiger partial charge >= 0.3 is 17.9 Å². The van der Waals surface area contributed by atoms with E-state index in [1.54, 1.807) is 0 Å². The number of esters is 2. The van der Waals surface area contributed by atoms with E-state index in [1.165, 1.54) is 64.2 Å². The highest BCUT2D eigenvalue weighted by Crippen LogP contribution is 2.14. The monoisotopic (exact) mass is 761 g/mol. The molecule has 0 aliphatic heterocycles. The van der Waals surface area contributed by atoms with Crippen LogP contribution in [-0.2, 0) is 28.6 Å². The zero-order chi connectivity index (χ0) is 40.0. The van der Waals surface area contributed by atoms with Gasteiger partial charge in [0.15, 0.2) is 12.1 Å². The van der Waals surface area contributed by atoms with Crippen molar-refractivity contribution < 1.29 is 38.2 Å². The van der Waals surface area contributed by atoms with Crippen LogP contribution in [0, 0.1) is 0 Å². The first-order chi connectivity index (χ1) is 26.1. The van der Waals surface area contributed by atoms with Crippen LogP contribution in [0.1, 0.15) is 174 Å². The normalized spacial score (nSPS) is 13.4. The first-order valence-electron chi connectivity index (χ1n) is 21.7. The molecule has 0 aliphatic carbocycles. The molecule has 1 N–H and O–H groups in total. The maximum absolute atomic E-state index is 12.7. The highest BCUT2D eigenvalue weighted by atomic mass is 16.6. The number of carbonyl (C=O) groups is 3. The lowest BCUT2D eigenvalue weighted by Crippen LogP contribution is -2.50. The number of hydrogen-bond acceptors (Lipinski definition) is 6. The summed E-state index contributed by atoms with van der Waals surface area (Å²) in [5.74, 6) is -1.49. The number of carboxylic acid groups (broad SMARTS) is 1. The van der Waals surface area contributed by atoms with E-state index >= 15 is 0 Å². The van der Waals surface area contributed by atoms with Crippen molar-refractivity contribution in [1.82, 2.24) is 0 Å². The Hall–Kier alpha value is -2.71. The summed E-state index contributed by atoms with van der Waals surface area (Å²) in [6.45, 7) is 4.57. The molecule has 0 rings (SSSR count). The summed E-state index contributed by atoms with van der Waals surface area (Å²) in [5.41, 5.74) is 0. The van der Waals surface area contributed by atoms with Gasteiger partial charge in [-0.1, -0.05) is 140 Å². The number of quaternary nitrogens is 1. The van der Waals surface area contributed by atoms with Gasteiger partial charge in [0.2, 0.25) is 0 Å². The molecular weight excluding hydrogens is 679 g/mol. The molecule has 0 aromatic rings. The average molecular weight is 761 g/mol. The number of likely N-dealkylation sites (N-methyl/N-ethyl adjacent to an activating group) is 1. The Morgan fingerprint density at radius 2 is 1.04 bits per heavy atom. The second-order valence-corrected chi connectivity index (χ2v) is 15.6. The molecule has 312 valence electrons. The predicted molar refractivity (Wildman–Crippen MR) is 224 cm³/mol. The first-order valence-corrected chi connectivity index (χ1v) is 21.7. The summed E-state index contributed by atoms with van der Waals surface area (Å²) in [6.07, 6.45) is 42.9. The lowest BCUT2D eigenvalue weighted by atomic mass is 10.1. The van der Waals surface area contributed by atoms with Crippen LogP contribution in [0.4, 0.5) is 0 Å². The molecular formula is C46H82NO7+. The number of hydrogen-bond donors (Lipinski definition) is 1. The van der Waals surface area contributed by atoms with E-state index in [0.717, 1.165) is 77.0 Å². The molecule has 0 radical (unpaired) electrons. The van der Waals surface area contributed by atoms with Crippen molar-refractivity contribution >= 4 is 17.9 Å². The fourth-order valence-electron chi connectivity index (χ4n) is 6.09. The van der Waals surface area contributed by atoms with Gasteiger partial charge in [0.25, 0.3) is 0 Å². The molecule has 0 fully saturated rings. The van der Waals surface area contributed by atoms with Crippen molar-refractivity contribution in [1.29, 1.82) is 0 Å². The molecule has 0 amide bonds. The first kappa shape index (κ1) is 51.3.